The van der Waals surface area contributed by atoms with Gasteiger partial charge in [-0.2, -0.15) is 0 Å². The summed E-state index contributed by atoms with van der Waals surface area (Å²) in [5, 5.41) is 0. The zero-order valence-corrected chi connectivity index (χ0v) is 7.80. The Bertz CT molecular complexity index is 113. The van der Waals surface area contributed by atoms with Gasteiger partial charge in [0.1, 0.15) is 0 Å². The Labute approximate surface area is 69.3 Å². The summed E-state index contributed by atoms with van der Waals surface area (Å²) in [6, 6.07) is 0. The Morgan fingerprint density at radius 2 is 1.91 bits per heavy atom. The summed E-state index contributed by atoms with van der Waals surface area (Å²) in [4.78, 5) is 6.44. The van der Waals surface area contributed by atoms with Gasteiger partial charge in [0, 0.05) is 6.54 Å². The highest BCUT2D eigenvalue weighted by Crippen LogP contribution is 1.85. The molecule has 0 saturated heterocycles. The van der Waals surface area contributed by atoms with Gasteiger partial charge in [-0.25, -0.2) is 0 Å². The lowest BCUT2D eigenvalue weighted by molar-refractivity contribution is 0.313. The van der Waals surface area contributed by atoms with E-state index in [2.05, 4.69) is 23.7 Å². The van der Waals surface area contributed by atoms with Crippen LogP contribution in [-0.2, 0) is 0 Å². The number of likely N-dealkylation sites (N-methyl/N-ethyl adjacent to an activating group) is 1. The third-order valence-electron chi connectivity index (χ3n) is 1.67. The molecule has 0 aromatic carbocycles. The predicted octanol–water partition coefficient (Wildman–Crippen LogP) is 0.705. The third-order valence-corrected chi connectivity index (χ3v) is 1.67. The fourth-order valence-electron chi connectivity index (χ4n) is 0.908. The van der Waals surface area contributed by atoms with E-state index in [0.717, 1.165) is 26.2 Å². The van der Waals surface area contributed by atoms with Gasteiger partial charge in [0.25, 0.3) is 0 Å². The van der Waals surface area contributed by atoms with Crippen LogP contribution in [-0.4, -0.2) is 36.9 Å². The van der Waals surface area contributed by atoms with Crippen LogP contribution in [0.4, 0.5) is 0 Å². The normalized spacial score (nSPS) is 12.5. The largest absolute Gasteiger partial charge is 0.388 e. The van der Waals surface area contributed by atoms with E-state index in [0.29, 0.717) is 5.84 Å². The Kier molecular flexibility index (Phi) is 5.84. The van der Waals surface area contributed by atoms with Gasteiger partial charge in [-0.3, -0.25) is 4.99 Å². The molecule has 66 valence electrons. The molecule has 0 aliphatic carbocycles. The fraction of sp³-hybridized carbons (Fsp3) is 0.875. The second-order valence-electron chi connectivity index (χ2n) is 2.55. The van der Waals surface area contributed by atoms with E-state index in [4.69, 9.17) is 5.73 Å². The molecule has 0 rings (SSSR count). The van der Waals surface area contributed by atoms with Crippen LogP contribution in [0, 0.1) is 0 Å². The average Bonchev–Trinajstić information content (AvgIpc) is 1.98. The number of nitrogens with two attached hydrogens (primary N) is 1. The average molecular weight is 157 g/mol. The van der Waals surface area contributed by atoms with Gasteiger partial charge >= 0.3 is 0 Å². The van der Waals surface area contributed by atoms with Crippen molar-refractivity contribution in [3.05, 3.63) is 0 Å². The molecular weight excluding hydrogens is 138 g/mol. The molecule has 0 fully saturated rings. The number of amidine groups is 1. The Morgan fingerprint density at radius 3 is 2.27 bits per heavy atom. The molecule has 0 saturated carbocycles. The number of rotatable bonds is 5. The number of nitrogens with zero attached hydrogens (tertiary/aromatic N) is 2. The van der Waals surface area contributed by atoms with Gasteiger partial charge in [0.15, 0.2) is 0 Å². The molecule has 0 heterocycles. The number of hydrogen-bond donors (Lipinski definition) is 1. The van der Waals surface area contributed by atoms with E-state index < -0.39 is 0 Å². The van der Waals surface area contributed by atoms with E-state index >= 15 is 0 Å². The van der Waals surface area contributed by atoms with Crippen LogP contribution in [0.5, 0.6) is 0 Å². The SMILES string of the molecule is CCN(CC)CCN=C(C)N. The molecule has 0 aliphatic rings. The van der Waals surface area contributed by atoms with E-state index in [1.807, 2.05) is 6.92 Å². The van der Waals surface area contributed by atoms with Crippen molar-refractivity contribution in [3.63, 3.8) is 0 Å². The van der Waals surface area contributed by atoms with Gasteiger partial charge in [-0.15, -0.1) is 0 Å². The maximum atomic E-state index is 5.39. The molecule has 0 unspecified atom stereocenters. The van der Waals surface area contributed by atoms with Crippen LogP contribution in [0.1, 0.15) is 20.8 Å². The second-order valence-corrected chi connectivity index (χ2v) is 2.55. The summed E-state index contributed by atoms with van der Waals surface area (Å²) in [5.74, 6) is 0.678. The van der Waals surface area contributed by atoms with Crippen LogP contribution < -0.4 is 5.73 Å². The number of aliphatic imine (C=N–C) groups is 1. The van der Waals surface area contributed by atoms with Crippen molar-refractivity contribution in [2.45, 2.75) is 20.8 Å². The Balaban J connectivity index is 3.43. The first-order chi connectivity index (χ1) is 5.20. The second kappa shape index (κ2) is 6.16. The van der Waals surface area contributed by atoms with Crippen molar-refractivity contribution in [1.82, 2.24) is 4.90 Å². The smallest absolute Gasteiger partial charge is 0.0906 e. The summed E-state index contributed by atoms with van der Waals surface area (Å²) in [5.41, 5.74) is 5.39. The lowest BCUT2D eigenvalue weighted by Gasteiger charge is -2.15. The minimum Gasteiger partial charge on any atom is -0.388 e. The van der Waals surface area contributed by atoms with E-state index in [1.54, 1.807) is 0 Å². The lowest BCUT2D eigenvalue weighted by Crippen LogP contribution is -2.26. The maximum Gasteiger partial charge on any atom is 0.0906 e. The molecule has 0 aromatic heterocycles. The summed E-state index contributed by atoms with van der Waals surface area (Å²) >= 11 is 0. The summed E-state index contributed by atoms with van der Waals surface area (Å²) in [7, 11) is 0. The Morgan fingerprint density at radius 1 is 1.36 bits per heavy atom. The highest BCUT2D eigenvalue weighted by molar-refractivity contribution is 5.77. The molecule has 11 heavy (non-hydrogen) atoms. The molecule has 0 bridgehead atoms. The lowest BCUT2D eigenvalue weighted by atomic mass is 10.5. The molecule has 0 atom stereocenters. The first-order valence-corrected chi connectivity index (χ1v) is 4.19. The molecule has 0 aliphatic heterocycles. The molecule has 3 nitrogen and oxygen atoms in total. The van der Waals surface area contributed by atoms with Crippen molar-refractivity contribution in [2.75, 3.05) is 26.2 Å². The molecule has 0 spiro atoms. The zero-order valence-electron chi connectivity index (χ0n) is 7.80. The zero-order chi connectivity index (χ0) is 8.69. The van der Waals surface area contributed by atoms with E-state index in [-0.39, 0.29) is 0 Å². The molecule has 3 heteroatoms. The monoisotopic (exact) mass is 157 g/mol. The van der Waals surface area contributed by atoms with Gasteiger partial charge in [-0.1, -0.05) is 13.8 Å². The molecule has 2 N–H and O–H groups in total. The van der Waals surface area contributed by atoms with Crippen molar-refractivity contribution < 1.29 is 0 Å². The van der Waals surface area contributed by atoms with Crippen LogP contribution in [0.2, 0.25) is 0 Å². The topological polar surface area (TPSA) is 41.6 Å². The summed E-state index contributed by atoms with van der Waals surface area (Å²) < 4.78 is 0. The van der Waals surface area contributed by atoms with E-state index in [1.165, 1.54) is 0 Å². The predicted molar refractivity (Wildman–Crippen MR) is 50.0 cm³/mol. The van der Waals surface area contributed by atoms with E-state index in [9.17, 15) is 0 Å². The molecule has 0 radical (unpaired) electrons. The molecule has 0 amide bonds. The molecular formula is C8H19N3. The van der Waals surface area contributed by atoms with Gasteiger partial charge in [0.2, 0.25) is 0 Å². The van der Waals surface area contributed by atoms with Crippen LogP contribution in [0.15, 0.2) is 4.99 Å². The summed E-state index contributed by atoms with van der Waals surface area (Å²) in [6.45, 7) is 10.2. The Hall–Kier alpha value is -0.570. The van der Waals surface area contributed by atoms with Crippen molar-refractivity contribution >= 4 is 5.84 Å². The van der Waals surface area contributed by atoms with Crippen molar-refractivity contribution in [2.24, 2.45) is 10.7 Å². The highest BCUT2D eigenvalue weighted by Gasteiger charge is 1.95. The van der Waals surface area contributed by atoms with Gasteiger partial charge in [-0.05, 0) is 20.0 Å². The fourth-order valence-corrected chi connectivity index (χ4v) is 0.908. The van der Waals surface area contributed by atoms with Crippen molar-refractivity contribution in [1.29, 1.82) is 0 Å². The number of hydrogen-bond acceptors (Lipinski definition) is 2. The first-order valence-electron chi connectivity index (χ1n) is 4.19. The summed E-state index contributed by atoms with van der Waals surface area (Å²) in [6.07, 6.45) is 0. The third kappa shape index (κ3) is 5.85. The minimum atomic E-state index is 0.678. The van der Waals surface area contributed by atoms with Crippen LogP contribution in [0.3, 0.4) is 0 Å². The standard InChI is InChI=1S/C8H19N3/c1-4-11(5-2)7-6-10-8(3)9/h4-7H2,1-3H3,(H2,9,10). The van der Waals surface area contributed by atoms with Gasteiger partial charge < -0.3 is 10.6 Å². The maximum absolute atomic E-state index is 5.39. The van der Waals surface area contributed by atoms with Crippen molar-refractivity contribution in [3.8, 4) is 0 Å². The molecule has 0 aromatic rings. The highest BCUT2D eigenvalue weighted by atomic mass is 15.1. The minimum absolute atomic E-state index is 0.678. The van der Waals surface area contributed by atoms with Crippen LogP contribution >= 0.6 is 0 Å². The quantitative estimate of drug-likeness (QED) is 0.471. The van der Waals surface area contributed by atoms with Gasteiger partial charge in [0.05, 0.1) is 12.4 Å². The first kappa shape index (κ1) is 10.4. The van der Waals surface area contributed by atoms with Crippen LogP contribution in [0.25, 0.3) is 0 Å².